The van der Waals surface area contributed by atoms with E-state index in [-0.39, 0.29) is 6.04 Å². The van der Waals surface area contributed by atoms with Crippen molar-refractivity contribution in [1.29, 1.82) is 0 Å². The molecule has 0 bridgehead atoms. The molecule has 1 aromatic heterocycles. The van der Waals surface area contributed by atoms with Crippen LogP contribution in [-0.4, -0.2) is 15.0 Å². The van der Waals surface area contributed by atoms with Crippen LogP contribution in [0.15, 0.2) is 4.60 Å². The summed E-state index contributed by atoms with van der Waals surface area (Å²) < 4.78 is 2.56. The fraction of sp³-hybridized carbons (Fsp3) is 0.750. The van der Waals surface area contributed by atoms with Gasteiger partial charge in [0, 0.05) is 7.05 Å². The normalized spacial score (nSPS) is 19.4. The Morgan fingerprint density at radius 1 is 1.64 bits per heavy atom. The number of nitrogens with one attached hydrogen (secondary N) is 1. The fourth-order valence-corrected chi connectivity index (χ4v) is 2.45. The second kappa shape index (κ2) is 3.96. The molecule has 78 valence electrons. The van der Waals surface area contributed by atoms with Gasteiger partial charge in [0.1, 0.15) is 0 Å². The monoisotopic (exact) mass is 259 g/mol. The van der Waals surface area contributed by atoms with Gasteiger partial charge < -0.3 is 0 Å². The number of nitrogens with two attached hydrogens (primary N) is 1. The van der Waals surface area contributed by atoms with Crippen LogP contribution in [-0.2, 0) is 7.05 Å². The van der Waals surface area contributed by atoms with Crippen LogP contribution in [0, 0.1) is 5.92 Å². The minimum absolute atomic E-state index is 0.165. The summed E-state index contributed by atoms with van der Waals surface area (Å²) in [6.07, 6.45) is 3.75. The Balaban J connectivity index is 2.25. The van der Waals surface area contributed by atoms with Crippen LogP contribution < -0.4 is 11.3 Å². The molecule has 0 spiro atoms. The smallest absolute Gasteiger partial charge is 0.153 e. The molecule has 1 aliphatic carbocycles. The van der Waals surface area contributed by atoms with E-state index < -0.39 is 0 Å². The van der Waals surface area contributed by atoms with Crippen LogP contribution in [0.5, 0.6) is 0 Å². The van der Waals surface area contributed by atoms with Crippen molar-refractivity contribution in [3.8, 4) is 0 Å². The number of halogens is 1. The summed E-state index contributed by atoms with van der Waals surface area (Å²) >= 11 is 3.39. The Morgan fingerprint density at radius 2 is 2.36 bits per heavy atom. The molecule has 0 radical (unpaired) electrons. The van der Waals surface area contributed by atoms with Crippen molar-refractivity contribution in [2.24, 2.45) is 18.8 Å². The predicted octanol–water partition coefficient (Wildman–Crippen LogP) is 0.882. The van der Waals surface area contributed by atoms with Crippen LogP contribution in [0.25, 0.3) is 0 Å². The third-order valence-electron chi connectivity index (χ3n) is 2.92. The third-order valence-corrected chi connectivity index (χ3v) is 3.49. The first-order valence-electron chi connectivity index (χ1n) is 4.75. The topological polar surface area (TPSA) is 68.8 Å². The summed E-state index contributed by atoms with van der Waals surface area (Å²) in [4.78, 5) is 0. The molecule has 3 N–H and O–H groups in total. The lowest BCUT2D eigenvalue weighted by molar-refractivity contribution is 0.224. The maximum Gasteiger partial charge on any atom is 0.153 e. The zero-order valence-electron chi connectivity index (χ0n) is 8.07. The minimum Gasteiger partial charge on any atom is -0.271 e. The Labute approximate surface area is 91.1 Å². The number of aromatic nitrogens is 3. The van der Waals surface area contributed by atoms with E-state index in [0.29, 0.717) is 5.92 Å². The van der Waals surface area contributed by atoms with E-state index in [0.717, 1.165) is 10.3 Å². The van der Waals surface area contributed by atoms with Gasteiger partial charge in [-0.25, -0.2) is 4.68 Å². The molecule has 1 fully saturated rings. The number of rotatable bonds is 3. The van der Waals surface area contributed by atoms with Crippen molar-refractivity contribution in [3.63, 3.8) is 0 Å². The van der Waals surface area contributed by atoms with Gasteiger partial charge in [0.2, 0.25) is 0 Å². The SMILES string of the molecule is Cn1nnc(Br)c1C(NN)C1CCC1. The first-order valence-corrected chi connectivity index (χ1v) is 5.54. The average Bonchev–Trinajstić information content (AvgIpc) is 2.40. The molecule has 0 aliphatic heterocycles. The number of nitrogens with zero attached hydrogens (tertiary/aromatic N) is 3. The maximum atomic E-state index is 5.57. The zero-order valence-corrected chi connectivity index (χ0v) is 9.66. The molecule has 0 saturated heterocycles. The highest BCUT2D eigenvalue weighted by atomic mass is 79.9. The quantitative estimate of drug-likeness (QED) is 0.625. The summed E-state index contributed by atoms with van der Waals surface area (Å²) in [6, 6.07) is 0.165. The maximum absolute atomic E-state index is 5.57. The van der Waals surface area contributed by atoms with Gasteiger partial charge in [-0.05, 0) is 34.7 Å². The lowest BCUT2D eigenvalue weighted by atomic mass is 9.79. The van der Waals surface area contributed by atoms with Gasteiger partial charge >= 0.3 is 0 Å². The second-order valence-corrected chi connectivity index (χ2v) is 4.48. The Hall–Kier alpha value is -0.460. The standard InChI is InChI=1S/C8H14BrN5/c1-14-7(8(9)12-13-14)6(11-10)5-3-2-4-5/h5-6,11H,2-4,10H2,1H3. The average molecular weight is 260 g/mol. The first-order chi connectivity index (χ1) is 6.74. The van der Waals surface area contributed by atoms with Crippen LogP contribution >= 0.6 is 15.9 Å². The predicted molar refractivity (Wildman–Crippen MR) is 56.1 cm³/mol. The highest BCUT2D eigenvalue weighted by Crippen LogP contribution is 2.38. The Bertz CT molecular complexity index is 300. The molecule has 0 amide bonds. The van der Waals surface area contributed by atoms with Gasteiger partial charge in [-0.3, -0.25) is 11.3 Å². The third kappa shape index (κ3) is 1.57. The molecule has 1 unspecified atom stereocenters. The van der Waals surface area contributed by atoms with Gasteiger partial charge in [-0.2, -0.15) is 0 Å². The summed E-state index contributed by atoms with van der Waals surface area (Å²) in [5.41, 5.74) is 3.90. The zero-order chi connectivity index (χ0) is 10.1. The molecule has 1 saturated carbocycles. The number of aryl methyl sites for hydroxylation is 1. The highest BCUT2D eigenvalue weighted by Gasteiger charge is 2.31. The van der Waals surface area contributed by atoms with E-state index in [4.69, 9.17) is 5.84 Å². The van der Waals surface area contributed by atoms with Crippen molar-refractivity contribution < 1.29 is 0 Å². The highest BCUT2D eigenvalue weighted by molar-refractivity contribution is 9.10. The van der Waals surface area contributed by atoms with Crippen LogP contribution in [0.1, 0.15) is 31.0 Å². The number of hydrazine groups is 1. The van der Waals surface area contributed by atoms with Gasteiger partial charge in [-0.1, -0.05) is 11.6 Å². The molecule has 2 rings (SSSR count). The first kappa shape index (κ1) is 10.1. The Kier molecular flexibility index (Phi) is 2.85. The van der Waals surface area contributed by atoms with Crippen molar-refractivity contribution in [3.05, 3.63) is 10.3 Å². The lowest BCUT2D eigenvalue weighted by Gasteiger charge is -2.33. The molecular weight excluding hydrogens is 246 g/mol. The molecule has 14 heavy (non-hydrogen) atoms. The van der Waals surface area contributed by atoms with E-state index >= 15 is 0 Å². The molecule has 1 heterocycles. The molecule has 0 aromatic carbocycles. The number of hydrogen-bond donors (Lipinski definition) is 2. The van der Waals surface area contributed by atoms with E-state index in [1.165, 1.54) is 19.3 Å². The van der Waals surface area contributed by atoms with Crippen molar-refractivity contribution >= 4 is 15.9 Å². The summed E-state index contributed by atoms with van der Waals surface area (Å²) in [5.74, 6) is 6.19. The second-order valence-electron chi connectivity index (χ2n) is 3.72. The van der Waals surface area contributed by atoms with E-state index in [9.17, 15) is 0 Å². The lowest BCUT2D eigenvalue weighted by Crippen LogP contribution is -2.37. The summed E-state index contributed by atoms with van der Waals surface area (Å²) in [5, 5.41) is 7.91. The van der Waals surface area contributed by atoms with E-state index in [1.807, 2.05) is 7.05 Å². The molecule has 5 nitrogen and oxygen atoms in total. The van der Waals surface area contributed by atoms with E-state index in [1.54, 1.807) is 4.68 Å². The molecular formula is C8H14BrN5. The van der Waals surface area contributed by atoms with Gasteiger partial charge in [-0.15, -0.1) is 5.10 Å². The van der Waals surface area contributed by atoms with Crippen LogP contribution in [0.2, 0.25) is 0 Å². The van der Waals surface area contributed by atoms with Crippen molar-refractivity contribution in [2.75, 3.05) is 0 Å². The largest absolute Gasteiger partial charge is 0.271 e. The number of hydrogen-bond acceptors (Lipinski definition) is 4. The molecule has 1 atom stereocenters. The van der Waals surface area contributed by atoms with Crippen LogP contribution in [0.3, 0.4) is 0 Å². The molecule has 6 heteroatoms. The molecule has 1 aliphatic rings. The van der Waals surface area contributed by atoms with Gasteiger partial charge in [0.25, 0.3) is 0 Å². The van der Waals surface area contributed by atoms with Crippen molar-refractivity contribution in [1.82, 2.24) is 20.4 Å². The van der Waals surface area contributed by atoms with Crippen molar-refractivity contribution in [2.45, 2.75) is 25.3 Å². The summed E-state index contributed by atoms with van der Waals surface area (Å²) in [7, 11) is 1.89. The van der Waals surface area contributed by atoms with Gasteiger partial charge in [0.15, 0.2) is 4.60 Å². The summed E-state index contributed by atoms with van der Waals surface area (Å²) in [6.45, 7) is 0. The minimum atomic E-state index is 0.165. The molecule has 1 aromatic rings. The van der Waals surface area contributed by atoms with Gasteiger partial charge in [0.05, 0.1) is 11.7 Å². The fourth-order valence-electron chi connectivity index (χ4n) is 1.88. The van der Waals surface area contributed by atoms with E-state index in [2.05, 4.69) is 31.7 Å². The Morgan fingerprint density at radius 3 is 2.71 bits per heavy atom. The van der Waals surface area contributed by atoms with Crippen LogP contribution in [0.4, 0.5) is 0 Å².